The summed E-state index contributed by atoms with van der Waals surface area (Å²) in [5.74, 6) is 1.49. The maximum atomic E-state index is 11.7. The molecule has 3 N–H and O–H groups in total. The minimum absolute atomic E-state index is 0.160. The Labute approximate surface area is 193 Å². The fourth-order valence-corrected chi connectivity index (χ4v) is 5.37. The third-order valence-electron chi connectivity index (χ3n) is 7.62. The summed E-state index contributed by atoms with van der Waals surface area (Å²) in [6.45, 7) is 4.48. The van der Waals surface area contributed by atoms with E-state index in [1.807, 2.05) is 40.5 Å². The molecule has 32 heavy (non-hydrogen) atoms. The van der Waals surface area contributed by atoms with E-state index in [9.17, 15) is 5.11 Å². The Kier molecular flexibility index (Phi) is 8.55. The van der Waals surface area contributed by atoms with Crippen molar-refractivity contribution < 1.29 is 14.7 Å². The Morgan fingerprint density at radius 3 is 2.81 bits per heavy atom. The van der Waals surface area contributed by atoms with Crippen molar-refractivity contribution >= 4 is 6.21 Å². The van der Waals surface area contributed by atoms with Gasteiger partial charge in [0.25, 0.3) is 0 Å². The van der Waals surface area contributed by atoms with Crippen LogP contribution in [0.4, 0.5) is 0 Å². The minimum atomic E-state index is -0.679. The van der Waals surface area contributed by atoms with E-state index in [0.29, 0.717) is 19.1 Å². The third kappa shape index (κ3) is 5.63. The van der Waals surface area contributed by atoms with E-state index < -0.39 is 5.60 Å². The zero-order valence-corrected chi connectivity index (χ0v) is 20.4. The molecule has 1 aromatic carbocycles. The molecular weight excluding hydrogens is 404 g/mol. The van der Waals surface area contributed by atoms with Gasteiger partial charge in [-0.15, -0.1) is 0 Å². The van der Waals surface area contributed by atoms with Gasteiger partial charge in [-0.3, -0.25) is 5.32 Å². The van der Waals surface area contributed by atoms with Crippen LogP contribution in [0.25, 0.3) is 0 Å². The van der Waals surface area contributed by atoms with Crippen molar-refractivity contribution in [3.63, 3.8) is 0 Å². The van der Waals surface area contributed by atoms with Gasteiger partial charge in [0.05, 0.1) is 5.60 Å². The van der Waals surface area contributed by atoms with Crippen LogP contribution in [0.2, 0.25) is 0 Å². The van der Waals surface area contributed by atoms with Gasteiger partial charge in [0.1, 0.15) is 12.4 Å². The number of nitrogens with zero attached hydrogens (tertiary/aromatic N) is 2. The number of nitrogens with one attached hydrogen (secondary N) is 2. The Morgan fingerprint density at radius 2 is 2.09 bits per heavy atom. The summed E-state index contributed by atoms with van der Waals surface area (Å²) in [6, 6.07) is 8.43. The van der Waals surface area contributed by atoms with Crippen LogP contribution in [-0.2, 0) is 4.84 Å². The standard InChI is InChI=1S/C25H42N4O3/c1-24-11-9-20(19-7-6-8-22(15-19)31-14-13-29(4)5)16-25(24,30)12-10-21(24)17-28-32-23(27-3)18-26-2/h6-8,15,17,20-21,23,26-27,30H,9-14,16,18H2,1-5H3/t20-,21+,23?,24+,25-/m0/s1. The van der Waals surface area contributed by atoms with Crippen molar-refractivity contribution in [3.05, 3.63) is 29.8 Å². The summed E-state index contributed by atoms with van der Waals surface area (Å²) in [5.41, 5.74) is 0.419. The summed E-state index contributed by atoms with van der Waals surface area (Å²) < 4.78 is 5.94. The van der Waals surface area contributed by atoms with E-state index in [4.69, 9.17) is 9.57 Å². The van der Waals surface area contributed by atoms with Crippen LogP contribution >= 0.6 is 0 Å². The predicted molar refractivity (Wildman–Crippen MR) is 129 cm³/mol. The molecule has 0 radical (unpaired) electrons. The predicted octanol–water partition coefficient (Wildman–Crippen LogP) is 2.81. The summed E-state index contributed by atoms with van der Waals surface area (Å²) in [7, 11) is 7.84. The van der Waals surface area contributed by atoms with E-state index in [0.717, 1.165) is 44.4 Å². The SMILES string of the molecule is CNCC(NC)ON=C[C@H]1CC[C@]2(O)C[C@@H](c3cccc(OCCN(C)C)c3)CC[C@]12C. The highest BCUT2D eigenvalue weighted by molar-refractivity contribution is 5.62. The topological polar surface area (TPSA) is 78.3 Å². The molecule has 0 aliphatic heterocycles. The average Bonchev–Trinajstić information content (AvgIpc) is 3.03. The quantitative estimate of drug-likeness (QED) is 0.276. The van der Waals surface area contributed by atoms with Gasteiger partial charge in [-0.05, 0) is 83.9 Å². The number of hydrogen-bond acceptors (Lipinski definition) is 7. The van der Waals surface area contributed by atoms with E-state index >= 15 is 0 Å². The van der Waals surface area contributed by atoms with E-state index in [2.05, 4.69) is 45.8 Å². The number of oxime groups is 1. The number of likely N-dealkylation sites (N-methyl/N-ethyl adjacent to an activating group) is 3. The second kappa shape index (κ2) is 11.0. The van der Waals surface area contributed by atoms with Crippen molar-refractivity contribution in [2.24, 2.45) is 16.5 Å². The zero-order valence-electron chi connectivity index (χ0n) is 20.4. The van der Waals surface area contributed by atoms with Crippen LogP contribution in [0.3, 0.4) is 0 Å². The number of fused-ring (bicyclic) bond motifs is 1. The molecule has 2 saturated carbocycles. The van der Waals surface area contributed by atoms with Gasteiger partial charge >= 0.3 is 0 Å². The lowest BCUT2D eigenvalue weighted by Gasteiger charge is -2.48. The zero-order chi connectivity index (χ0) is 23.2. The Bertz CT molecular complexity index is 758. The molecule has 7 nitrogen and oxygen atoms in total. The normalized spacial score (nSPS) is 31.1. The van der Waals surface area contributed by atoms with Crippen molar-refractivity contribution in [2.45, 2.75) is 56.8 Å². The smallest absolute Gasteiger partial charge is 0.190 e. The lowest BCUT2D eigenvalue weighted by Crippen LogP contribution is -2.49. The molecule has 5 atom stereocenters. The van der Waals surface area contributed by atoms with Gasteiger partial charge in [-0.2, -0.15) is 0 Å². The molecule has 0 aromatic heterocycles. The van der Waals surface area contributed by atoms with Crippen molar-refractivity contribution in [2.75, 3.05) is 47.9 Å². The number of ether oxygens (including phenoxy) is 1. The van der Waals surface area contributed by atoms with Crippen LogP contribution in [0.15, 0.2) is 29.4 Å². The highest BCUT2D eigenvalue weighted by Gasteiger charge is 2.58. The fourth-order valence-electron chi connectivity index (χ4n) is 5.37. The molecule has 180 valence electrons. The molecule has 2 fully saturated rings. The van der Waals surface area contributed by atoms with Gasteiger partial charge in [0.15, 0.2) is 6.23 Å². The molecular formula is C25H42N4O3. The molecule has 1 aromatic rings. The molecule has 0 saturated heterocycles. The minimum Gasteiger partial charge on any atom is -0.492 e. The monoisotopic (exact) mass is 446 g/mol. The first-order valence-electron chi connectivity index (χ1n) is 11.9. The Morgan fingerprint density at radius 1 is 1.28 bits per heavy atom. The largest absolute Gasteiger partial charge is 0.492 e. The lowest BCUT2D eigenvalue weighted by molar-refractivity contribution is -0.0960. The van der Waals surface area contributed by atoms with Crippen molar-refractivity contribution in [1.29, 1.82) is 0 Å². The molecule has 0 bridgehead atoms. The molecule has 7 heteroatoms. The average molecular weight is 447 g/mol. The first kappa shape index (κ1) is 25.0. The number of rotatable bonds is 11. The Balaban J connectivity index is 1.63. The molecule has 0 amide bonds. The van der Waals surface area contributed by atoms with Crippen molar-refractivity contribution in [1.82, 2.24) is 15.5 Å². The molecule has 0 spiro atoms. The van der Waals surface area contributed by atoms with Gasteiger partial charge in [-0.1, -0.05) is 24.2 Å². The van der Waals surface area contributed by atoms with Crippen LogP contribution in [-0.4, -0.2) is 75.9 Å². The molecule has 3 rings (SSSR count). The summed E-state index contributed by atoms with van der Waals surface area (Å²) in [4.78, 5) is 7.72. The fraction of sp³-hybridized carbons (Fsp3) is 0.720. The first-order valence-corrected chi connectivity index (χ1v) is 11.9. The van der Waals surface area contributed by atoms with Crippen molar-refractivity contribution in [3.8, 4) is 5.75 Å². The van der Waals surface area contributed by atoms with Gasteiger partial charge in [0, 0.05) is 30.6 Å². The summed E-state index contributed by atoms with van der Waals surface area (Å²) in [6.07, 6.45) is 6.34. The van der Waals surface area contributed by atoms with E-state index in [1.165, 1.54) is 5.56 Å². The van der Waals surface area contributed by atoms with Crippen LogP contribution in [0, 0.1) is 11.3 Å². The van der Waals surface area contributed by atoms with Gasteiger partial charge < -0.3 is 24.9 Å². The molecule has 2 aliphatic carbocycles. The molecule has 1 unspecified atom stereocenters. The highest BCUT2D eigenvalue weighted by Crippen LogP contribution is 2.60. The lowest BCUT2D eigenvalue weighted by atomic mass is 9.59. The number of aliphatic hydroxyl groups is 1. The second-order valence-electron chi connectivity index (χ2n) is 9.95. The van der Waals surface area contributed by atoms with Crippen LogP contribution in [0.5, 0.6) is 5.75 Å². The van der Waals surface area contributed by atoms with Gasteiger partial charge in [-0.25, -0.2) is 0 Å². The third-order valence-corrected chi connectivity index (χ3v) is 7.62. The first-order chi connectivity index (χ1) is 15.3. The summed E-state index contributed by atoms with van der Waals surface area (Å²) >= 11 is 0. The van der Waals surface area contributed by atoms with E-state index in [-0.39, 0.29) is 17.6 Å². The summed E-state index contributed by atoms with van der Waals surface area (Å²) in [5, 5.41) is 22.2. The molecule has 2 aliphatic rings. The number of benzene rings is 1. The Hall–Kier alpha value is -1.67. The maximum Gasteiger partial charge on any atom is 0.190 e. The van der Waals surface area contributed by atoms with Crippen LogP contribution in [0.1, 0.15) is 50.5 Å². The van der Waals surface area contributed by atoms with E-state index in [1.54, 1.807) is 0 Å². The van der Waals surface area contributed by atoms with Gasteiger partial charge in [0.2, 0.25) is 0 Å². The van der Waals surface area contributed by atoms with Crippen LogP contribution < -0.4 is 15.4 Å². The maximum absolute atomic E-state index is 11.7. The second-order valence-corrected chi connectivity index (χ2v) is 9.95. The highest BCUT2D eigenvalue weighted by atomic mass is 16.6. The number of hydrogen-bond donors (Lipinski definition) is 3. The molecule has 0 heterocycles.